The molecule has 1 aliphatic rings. The molecule has 37 heavy (non-hydrogen) atoms. The molecule has 1 aromatic heterocycles. The van der Waals surface area contributed by atoms with Crippen LogP contribution in [0.5, 0.6) is 0 Å². The molecule has 2 atom stereocenters. The number of fused-ring (bicyclic) bond motifs is 2. The Morgan fingerprint density at radius 1 is 1.14 bits per heavy atom. The van der Waals surface area contributed by atoms with E-state index >= 15 is 0 Å². The van der Waals surface area contributed by atoms with Gasteiger partial charge in [-0.2, -0.15) is 0 Å². The second-order valence-corrected chi connectivity index (χ2v) is 10.4. The van der Waals surface area contributed by atoms with Gasteiger partial charge in [0.25, 0.3) is 0 Å². The predicted octanol–water partition coefficient (Wildman–Crippen LogP) is 5.20. The predicted molar refractivity (Wildman–Crippen MR) is 150 cm³/mol. The minimum absolute atomic E-state index is 0.149. The van der Waals surface area contributed by atoms with Gasteiger partial charge in [0.15, 0.2) is 0 Å². The molecule has 4 aromatic rings. The second kappa shape index (κ2) is 11.4. The van der Waals surface area contributed by atoms with E-state index in [1.54, 1.807) is 7.11 Å². The highest BCUT2D eigenvalue weighted by molar-refractivity contribution is 5.83. The number of aryl methyl sites for hydroxylation is 2. The largest absolute Gasteiger partial charge is 0.385 e. The molecule has 1 amide bonds. The number of carbonyl (C=O) groups is 1. The number of hydrogen-bond acceptors (Lipinski definition) is 4. The average molecular weight is 499 g/mol. The van der Waals surface area contributed by atoms with Crippen LogP contribution in [-0.4, -0.2) is 53.2 Å². The van der Waals surface area contributed by atoms with Crippen molar-refractivity contribution < 1.29 is 9.53 Å². The summed E-state index contributed by atoms with van der Waals surface area (Å²) < 4.78 is 7.69. The van der Waals surface area contributed by atoms with Gasteiger partial charge in [-0.25, -0.2) is 4.98 Å². The normalized spacial score (nSPS) is 16.9. The third kappa shape index (κ3) is 5.71. The molecule has 0 aliphatic carbocycles. The molecule has 6 nitrogen and oxygen atoms in total. The number of benzene rings is 3. The molecule has 194 valence electrons. The van der Waals surface area contributed by atoms with E-state index in [2.05, 4.69) is 66.1 Å². The molecule has 1 saturated heterocycles. The van der Waals surface area contributed by atoms with Crippen LogP contribution in [0.25, 0.3) is 21.8 Å². The Morgan fingerprint density at radius 3 is 2.81 bits per heavy atom. The van der Waals surface area contributed by atoms with Crippen molar-refractivity contribution in [2.75, 3.05) is 26.8 Å². The van der Waals surface area contributed by atoms with Gasteiger partial charge in [0.2, 0.25) is 5.91 Å². The van der Waals surface area contributed by atoms with Crippen molar-refractivity contribution in [3.8, 4) is 0 Å². The zero-order valence-corrected chi connectivity index (χ0v) is 22.0. The molecule has 3 aromatic carbocycles. The molecule has 1 fully saturated rings. The highest BCUT2D eigenvalue weighted by Gasteiger charge is 2.29. The molecule has 0 saturated carbocycles. The first-order valence-corrected chi connectivity index (χ1v) is 13.5. The molecule has 2 heterocycles. The van der Waals surface area contributed by atoms with Crippen LogP contribution < -0.4 is 5.73 Å². The number of nitrogens with two attached hydrogens (primary N) is 1. The van der Waals surface area contributed by atoms with Gasteiger partial charge in [0.05, 0.1) is 11.0 Å². The quantitative estimate of drug-likeness (QED) is 0.322. The number of amides is 1. The third-order valence-electron chi connectivity index (χ3n) is 7.62. The molecular weight excluding hydrogens is 460 g/mol. The summed E-state index contributed by atoms with van der Waals surface area (Å²) in [6.07, 6.45) is 4.02. The number of piperidine rings is 1. The Balaban J connectivity index is 1.27. The monoisotopic (exact) mass is 498 g/mol. The zero-order valence-electron chi connectivity index (χ0n) is 22.0. The number of hydrogen-bond donors (Lipinski definition) is 1. The van der Waals surface area contributed by atoms with Crippen molar-refractivity contribution in [2.45, 2.75) is 57.5 Å². The number of likely N-dealkylation sites (tertiary alicyclic amines) is 1. The number of imidazole rings is 1. The maximum atomic E-state index is 13.3. The standard InChI is InChI=1S/C31H38N4O2/c1-22-8-5-12-28-30(22)35(16-7-17-37-2)31(33-28)26-11-6-15-34(21-26)29(36)20-27(32)19-23-13-14-24-9-3-4-10-25(24)18-23/h3-5,8-10,12-14,18,26-27H,6-7,11,15-17,19-21,32H2,1-2H3/t26-,27-/m1/s1. The molecular formula is C31H38N4O2. The smallest absolute Gasteiger partial charge is 0.224 e. The summed E-state index contributed by atoms with van der Waals surface area (Å²) in [5, 5.41) is 2.43. The van der Waals surface area contributed by atoms with Crippen LogP contribution in [0.3, 0.4) is 0 Å². The van der Waals surface area contributed by atoms with Gasteiger partial charge in [-0.1, -0.05) is 54.6 Å². The Hall–Kier alpha value is -3.22. The fraction of sp³-hybridized carbons (Fsp3) is 0.419. The van der Waals surface area contributed by atoms with Crippen molar-refractivity contribution in [1.29, 1.82) is 0 Å². The number of nitrogens with zero attached hydrogens (tertiary/aromatic N) is 3. The maximum absolute atomic E-state index is 13.3. The Labute approximate surface area is 219 Å². The van der Waals surface area contributed by atoms with Crippen molar-refractivity contribution in [3.63, 3.8) is 0 Å². The summed E-state index contributed by atoms with van der Waals surface area (Å²) in [6, 6.07) is 20.9. The molecule has 0 unspecified atom stereocenters. The van der Waals surface area contributed by atoms with Crippen LogP contribution in [0.1, 0.15) is 48.6 Å². The van der Waals surface area contributed by atoms with Crippen LogP contribution in [0.15, 0.2) is 60.7 Å². The Morgan fingerprint density at radius 2 is 1.97 bits per heavy atom. The maximum Gasteiger partial charge on any atom is 0.224 e. The highest BCUT2D eigenvalue weighted by atomic mass is 16.5. The average Bonchev–Trinajstić information content (AvgIpc) is 3.28. The van der Waals surface area contributed by atoms with Gasteiger partial charge in [-0.3, -0.25) is 4.79 Å². The van der Waals surface area contributed by atoms with Crippen LogP contribution >= 0.6 is 0 Å². The molecule has 1 aliphatic heterocycles. The lowest BCUT2D eigenvalue weighted by Gasteiger charge is -2.33. The van der Waals surface area contributed by atoms with E-state index in [1.807, 2.05) is 11.0 Å². The van der Waals surface area contributed by atoms with E-state index in [-0.39, 0.29) is 17.9 Å². The lowest BCUT2D eigenvalue weighted by atomic mass is 9.95. The first kappa shape index (κ1) is 25.4. The van der Waals surface area contributed by atoms with Crippen LogP contribution in [0.4, 0.5) is 0 Å². The van der Waals surface area contributed by atoms with E-state index in [9.17, 15) is 4.79 Å². The molecule has 6 heteroatoms. The van der Waals surface area contributed by atoms with Crippen molar-refractivity contribution in [3.05, 3.63) is 77.6 Å². The summed E-state index contributed by atoms with van der Waals surface area (Å²) in [7, 11) is 1.74. The molecule has 0 radical (unpaired) electrons. The van der Waals surface area contributed by atoms with E-state index < -0.39 is 0 Å². The van der Waals surface area contributed by atoms with Gasteiger partial charge in [0.1, 0.15) is 5.82 Å². The number of para-hydroxylation sites is 1. The first-order valence-electron chi connectivity index (χ1n) is 13.5. The lowest BCUT2D eigenvalue weighted by molar-refractivity contribution is -0.132. The van der Waals surface area contributed by atoms with Gasteiger partial charge < -0.3 is 19.9 Å². The number of carbonyl (C=O) groups excluding carboxylic acids is 1. The first-order chi connectivity index (χ1) is 18.0. The van der Waals surface area contributed by atoms with Crippen molar-refractivity contribution in [2.24, 2.45) is 5.73 Å². The van der Waals surface area contributed by atoms with Gasteiger partial charge in [0, 0.05) is 51.7 Å². The fourth-order valence-corrected chi connectivity index (χ4v) is 5.80. The highest BCUT2D eigenvalue weighted by Crippen LogP contribution is 2.31. The van der Waals surface area contributed by atoms with Crippen molar-refractivity contribution in [1.82, 2.24) is 14.5 Å². The summed E-state index contributed by atoms with van der Waals surface area (Å²) in [6.45, 7) is 5.23. The lowest BCUT2D eigenvalue weighted by Crippen LogP contribution is -2.42. The summed E-state index contributed by atoms with van der Waals surface area (Å²) in [4.78, 5) is 20.4. The van der Waals surface area contributed by atoms with E-state index in [1.165, 1.54) is 27.4 Å². The second-order valence-electron chi connectivity index (χ2n) is 10.4. The number of aromatic nitrogens is 2. The van der Waals surface area contributed by atoms with E-state index in [0.29, 0.717) is 19.4 Å². The summed E-state index contributed by atoms with van der Waals surface area (Å²) in [5.41, 5.74) is 11.1. The van der Waals surface area contributed by atoms with Crippen molar-refractivity contribution >= 4 is 27.7 Å². The van der Waals surface area contributed by atoms with Gasteiger partial charge >= 0.3 is 0 Å². The number of rotatable bonds is 9. The molecule has 0 bridgehead atoms. The van der Waals surface area contributed by atoms with Gasteiger partial charge in [-0.05, 0) is 60.6 Å². The SMILES string of the molecule is COCCCn1c([C@@H]2CCCN(C(=O)C[C@H](N)Cc3ccc4ccccc4c3)C2)nc2cccc(C)c21. The van der Waals surface area contributed by atoms with E-state index in [0.717, 1.165) is 50.3 Å². The summed E-state index contributed by atoms with van der Waals surface area (Å²) in [5.74, 6) is 1.47. The topological polar surface area (TPSA) is 73.4 Å². The third-order valence-corrected chi connectivity index (χ3v) is 7.62. The number of methoxy groups -OCH3 is 1. The minimum atomic E-state index is -0.199. The summed E-state index contributed by atoms with van der Waals surface area (Å²) >= 11 is 0. The molecule has 2 N–H and O–H groups in total. The van der Waals surface area contributed by atoms with Crippen LogP contribution in [0, 0.1) is 6.92 Å². The van der Waals surface area contributed by atoms with E-state index in [4.69, 9.17) is 15.5 Å². The van der Waals surface area contributed by atoms with Crippen LogP contribution in [-0.2, 0) is 22.5 Å². The van der Waals surface area contributed by atoms with Crippen LogP contribution in [0.2, 0.25) is 0 Å². The minimum Gasteiger partial charge on any atom is -0.385 e. The van der Waals surface area contributed by atoms with Gasteiger partial charge in [-0.15, -0.1) is 0 Å². The zero-order chi connectivity index (χ0) is 25.8. The molecule has 0 spiro atoms. The number of ether oxygens (including phenoxy) is 1. The Bertz CT molecular complexity index is 1380. The fourth-order valence-electron chi connectivity index (χ4n) is 5.80. The molecule has 5 rings (SSSR count). The Kier molecular flexibility index (Phi) is 7.87.